The summed E-state index contributed by atoms with van der Waals surface area (Å²) in [5.41, 5.74) is 0.370. The topological polar surface area (TPSA) is 104 Å². The van der Waals surface area contributed by atoms with Gasteiger partial charge in [-0.05, 0) is 12.1 Å². The van der Waals surface area contributed by atoms with Crippen molar-refractivity contribution < 1.29 is 51.3 Å². The van der Waals surface area contributed by atoms with Gasteiger partial charge in [-0.3, -0.25) is 9.69 Å². The summed E-state index contributed by atoms with van der Waals surface area (Å²) in [6.07, 6.45) is -4.75. The van der Waals surface area contributed by atoms with Gasteiger partial charge in [0.25, 0.3) is 0 Å². The van der Waals surface area contributed by atoms with E-state index < -0.39 is 29.7 Å². The van der Waals surface area contributed by atoms with Crippen molar-refractivity contribution in [1.82, 2.24) is 4.90 Å². The third-order valence-electron chi connectivity index (χ3n) is 3.68. The van der Waals surface area contributed by atoms with Crippen molar-refractivity contribution >= 4 is 29.6 Å². The van der Waals surface area contributed by atoms with Gasteiger partial charge in [0, 0.05) is 17.4 Å². The number of amides is 1. The van der Waals surface area contributed by atoms with Crippen LogP contribution in [0.3, 0.4) is 0 Å². The van der Waals surface area contributed by atoms with E-state index in [1.165, 1.54) is 22.7 Å². The van der Waals surface area contributed by atoms with Crippen LogP contribution in [-0.4, -0.2) is 56.9 Å². The fraction of sp³-hybridized carbons (Fsp3) is 0.312. The summed E-state index contributed by atoms with van der Waals surface area (Å²) in [4.78, 5) is 33.1. The minimum absolute atomic E-state index is 0.0671. The molecule has 1 aromatic carbocycles. The van der Waals surface area contributed by atoms with E-state index in [1.807, 2.05) is 0 Å². The Hall–Kier alpha value is -2.83. The molecular formula is C16H12F5NO6S. The van der Waals surface area contributed by atoms with Crippen LogP contribution in [0, 0.1) is 11.6 Å². The molecule has 3 rings (SSSR count). The SMILES string of the molecule is O=C(O)C(F)(F)F.O=C(O)C1=C(COc2ccc(F)c(F)c2)CS[C@@H]2CC(=O)N12. The van der Waals surface area contributed by atoms with Crippen LogP contribution in [0.2, 0.25) is 0 Å². The molecule has 2 aliphatic heterocycles. The van der Waals surface area contributed by atoms with Crippen LogP contribution in [0.1, 0.15) is 6.42 Å². The van der Waals surface area contributed by atoms with E-state index in [9.17, 15) is 36.6 Å². The minimum atomic E-state index is -5.08. The molecule has 1 atom stereocenters. The fourth-order valence-electron chi connectivity index (χ4n) is 2.33. The van der Waals surface area contributed by atoms with Crippen molar-refractivity contribution in [1.29, 1.82) is 0 Å². The van der Waals surface area contributed by atoms with Crippen molar-refractivity contribution in [3.63, 3.8) is 0 Å². The average Bonchev–Trinajstić information content (AvgIpc) is 2.61. The van der Waals surface area contributed by atoms with Crippen LogP contribution < -0.4 is 4.74 Å². The number of benzene rings is 1. The van der Waals surface area contributed by atoms with Gasteiger partial charge in [-0.15, -0.1) is 11.8 Å². The lowest BCUT2D eigenvalue weighted by Crippen LogP contribution is -2.54. The van der Waals surface area contributed by atoms with Gasteiger partial charge in [-0.25, -0.2) is 18.4 Å². The fourth-order valence-corrected chi connectivity index (χ4v) is 3.57. The Labute approximate surface area is 163 Å². The predicted octanol–water partition coefficient (Wildman–Crippen LogP) is 2.62. The first-order valence-corrected chi connectivity index (χ1v) is 8.73. The Bertz CT molecular complexity index is 872. The maximum Gasteiger partial charge on any atom is 0.490 e. The van der Waals surface area contributed by atoms with E-state index >= 15 is 0 Å². The van der Waals surface area contributed by atoms with Gasteiger partial charge in [0.15, 0.2) is 11.6 Å². The maximum atomic E-state index is 13.1. The van der Waals surface area contributed by atoms with Crippen LogP contribution in [0.4, 0.5) is 22.0 Å². The van der Waals surface area contributed by atoms with Gasteiger partial charge in [0.05, 0.1) is 11.8 Å². The monoisotopic (exact) mass is 441 g/mol. The summed E-state index contributed by atoms with van der Waals surface area (Å²) >= 11 is 1.46. The van der Waals surface area contributed by atoms with Crippen LogP contribution in [-0.2, 0) is 14.4 Å². The van der Waals surface area contributed by atoms with Crippen molar-refractivity contribution in [2.75, 3.05) is 12.4 Å². The molecule has 29 heavy (non-hydrogen) atoms. The Morgan fingerprint density at radius 1 is 1.21 bits per heavy atom. The molecule has 0 aliphatic carbocycles. The summed E-state index contributed by atoms with van der Waals surface area (Å²) in [6.45, 7) is -0.101. The lowest BCUT2D eigenvalue weighted by Gasteiger charge is -2.43. The predicted molar refractivity (Wildman–Crippen MR) is 87.9 cm³/mol. The molecule has 2 heterocycles. The van der Waals surface area contributed by atoms with Crippen molar-refractivity contribution in [3.05, 3.63) is 41.1 Å². The van der Waals surface area contributed by atoms with E-state index in [2.05, 4.69) is 0 Å². The van der Waals surface area contributed by atoms with E-state index in [0.29, 0.717) is 17.7 Å². The second kappa shape index (κ2) is 8.68. The van der Waals surface area contributed by atoms with Gasteiger partial charge < -0.3 is 14.9 Å². The first kappa shape index (κ1) is 22.5. The molecule has 0 aromatic heterocycles. The first-order valence-electron chi connectivity index (χ1n) is 7.68. The number of fused-ring (bicyclic) bond motifs is 1. The second-order valence-electron chi connectivity index (χ2n) is 5.66. The third kappa shape index (κ3) is 5.37. The normalized spacial score (nSPS) is 18.3. The number of hydrogen-bond acceptors (Lipinski definition) is 5. The molecule has 158 valence electrons. The number of carbonyl (C=O) groups excluding carboxylic acids is 1. The first-order chi connectivity index (χ1) is 13.4. The number of carbonyl (C=O) groups is 3. The van der Waals surface area contributed by atoms with Gasteiger partial charge in [-0.2, -0.15) is 13.2 Å². The van der Waals surface area contributed by atoms with Crippen molar-refractivity contribution in [2.45, 2.75) is 18.0 Å². The average molecular weight is 441 g/mol. The zero-order valence-corrected chi connectivity index (χ0v) is 15.0. The molecule has 1 amide bonds. The van der Waals surface area contributed by atoms with Gasteiger partial charge >= 0.3 is 18.1 Å². The Morgan fingerprint density at radius 3 is 2.31 bits per heavy atom. The van der Waals surface area contributed by atoms with E-state index in [4.69, 9.17) is 14.6 Å². The number of carboxylic acid groups (broad SMARTS) is 2. The number of alkyl halides is 3. The van der Waals surface area contributed by atoms with Gasteiger partial charge in [0.1, 0.15) is 18.1 Å². The van der Waals surface area contributed by atoms with E-state index in [1.54, 1.807) is 0 Å². The molecule has 0 unspecified atom stereocenters. The van der Waals surface area contributed by atoms with Crippen molar-refractivity contribution in [3.8, 4) is 5.75 Å². The zero-order valence-electron chi connectivity index (χ0n) is 14.2. The number of halogens is 5. The van der Waals surface area contributed by atoms with Gasteiger partial charge in [0.2, 0.25) is 5.91 Å². The summed E-state index contributed by atoms with van der Waals surface area (Å²) in [7, 11) is 0. The molecule has 0 saturated carbocycles. The third-order valence-corrected chi connectivity index (χ3v) is 4.96. The number of β-lactam (4-membered cyclic amide) rings is 1. The molecule has 1 fully saturated rings. The highest BCUT2D eigenvalue weighted by atomic mass is 32.2. The number of carboxylic acids is 2. The van der Waals surface area contributed by atoms with E-state index in [-0.39, 0.29) is 29.3 Å². The lowest BCUT2D eigenvalue weighted by atomic mass is 10.1. The molecule has 0 bridgehead atoms. The minimum Gasteiger partial charge on any atom is -0.489 e. The van der Waals surface area contributed by atoms with Crippen molar-refractivity contribution in [2.24, 2.45) is 0 Å². The molecule has 1 saturated heterocycles. The molecule has 13 heteroatoms. The largest absolute Gasteiger partial charge is 0.490 e. The standard InChI is InChI=1S/C14H11F2NO4S.C2HF3O2/c15-9-2-1-8(3-10(9)16)21-5-7-6-22-12-4-11(18)17(12)13(7)14(19)20;3-2(4,5)1(6)7/h1-3,12H,4-6H2,(H,19,20);(H,6,7)/t12-;/m1./s1. The highest BCUT2D eigenvalue weighted by Gasteiger charge is 2.45. The van der Waals surface area contributed by atoms with Crippen LogP contribution in [0.25, 0.3) is 0 Å². The lowest BCUT2D eigenvalue weighted by molar-refractivity contribution is -0.192. The van der Waals surface area contributed by atoms with Crippen LogP contribution in [0.5, 0.6) is 5.75 Å². The van der Waals surface area contributed by atoms with Crippen LogP contribution in [0.15, 0.2) is 29.5 Å². The summed E-state index contributed by atoms with van der Waals surface area (Å²) in [6, 6.07) is 3.08. The molecule has 2 N–H and O–H groups in total. The number of nitrogens with zero attached hydrogens (tertiary/aromatic N) is 1. The molecule has 0 spiro atoms. The van der Waals surface area contributed by atoms with Gasteiger partial charge in [-0.1, -0.05) is 0 Å². The Morgan fingerprint density at radius 2 is 1.83 bits per heavy atom. The number of thioether (sulfide) groups is 1. The molecule has 2 aliphatic rings. The smallest absolute Gasteiger partial charge is 0.489 e. The maximum absolute atomic E-state index is 13.1. The van der Waals surface area contributed by atoms with Crippen LogP contribution >= 0.6 is 11.8 Å². The molecule has 7 nitrogen and oxygen atoms in total. The Balaban J connectivity index is 0.000000370. The quantitative estimate of drug-likeness (QED) is 0.547. The Kier molecular flexibility index (Phi) is 6.72. The molecule has 0 radical (unpaired) electrons. The summed E-state index contributed by atoms with van der Waals surface area (Å²) < 4.78 is 63.0. The summed E-state index contributed by atoms with van der Waals surface area (Å²) in [5.74, 6) is -5.70. The highest BCUT2D eigenvalue weighted by Crippen LogP contribution is 2.40. The zero-order chi connectivity index (χ0) is 21.9. The molecule has 1 aromatic rings. The number of rotatable bonds is 4. The number of ether oxygens (including phenoxy) is 1. The second-order valence-corrected chi connectivity index (χ2v) is 6.82. The number of hydrogen-bond donors (Lipinski definition) is 2. The van der Waals surface area contributed by atoms with E-state index in [0.717, 1.165) is 12.1 Å². The number of aliphatic carboxylic acids is 2. The molecular weight excluding hydrogens is 429 g/mol. The highest BCUT2D eigenvalue weighted by molar-refractivity contribution is 8.00. The summed E-state index contributed by atoms with van der Waals surface area (Å²) in [5, 5.41) is 16.3.